The van der Waals surface area contributed by atoms with Gasteiger partial charge in [0.25, 0.3) is 5.91 Å². The van der Waals surface area contributed by atoms with E-state index < -0.39 is 0 Å². The number of carbonyl (C=O) groups excluding carboxylic acids is 1. The number of hydrogen-bond acceptors (Lipinski definition) is 4. The molecule has 1 aliphatic rings. The van der Waals surface area contributed by atoms with Crippen LogP contribution in [0, 0.1) is 11.8 Å². The maximum Gasteiger partial charge on any atom is 0.254 e. The van der Waals surface area contributed by atoms with Crippen molar-refractivity contribution in [1.82, 2.24) is 4.90 Å². The first-order valence-corrected chi connectivity index (χ1v) is 6.72. The van der Waals surface area contributed by atoms with E-state index in [9.17, 15) is 4.79 Å². The molecule has 5 heteroatoms. The fraction of sp³-hybridized carbons (Fsp3) is 0.462. The van der Waals surface area contributed by atoms with Crippen LogP contribution in [-0.4, -0.2) is 43.7 Å². The highest BCUT2D eigenvalue weighted by atomic mass is 32.1. The lowest BCUT2D eigenvalue weighted by molar-refractivity contribution is 0.0724. The van der Waals surface area contributed by atoms with Gasteiger partial charge in [0.1, 0.15) is 0 Å². The van der Waals surface area contributed by atoms with Crippen molar-refractivity contribution >= 4 is 17.2 Å². The van der Waals surface area contributed by atoms with Gasteiger partial charge in [-0.15, -0.1) is 11.3 Å². The first kappa shape index (κ1) is 13.1. The van der Waals surface area contributed by atoms with Crippen molar-refractivity contribution in [2.24, 2.45) is 5.73 Å². The lowest BCUT2D eigenvalue weighted by Crippen LogP contribution is -2.29. The Kier molecular flexibility index (Phi) is 4.37. The van der Waals surface area contributed by atoms with Crippen LogP contribution >= 0.6 is 11.3 Å². The average Bonchev–Trinajstić information content (AvgIpc) is 3.04. The van der Waals surface area contributed by atoms with Crippen molar-refractivity contribution in [3.8, 4) is 11.8 Å². The standard InChI is InChI=1S/C13H16N2O2S/c1-17-11-4-6-15(8-11)13(16)10-7-12(18-9-10)3-2-5-14/h7,9,11H,4-6,8,14H2,1H3. The van der Waals surface area contributed by atoms with Gasteiger partial charge in [0.15, 0.2) is 0 Å². The van der Waals surface area contributed by atoms with Gasteiger partial charge in [0, 0.05) is 25.6 Å². The molecule has 1 saturated heterocycles. The predicted molar refractivity (Wildman–Crippen MR) is 71.6 cm³/mol. The smallest absolute Gasteiger partial charge is 0.254 e. The van der Waals surface area contributed by atoms with Crippen molar-refractivity contribution in [2.75, 3.05) is 26.7 Å². The molecule has 0 saturated carbocycles. The molecule has 0 spiro atoms. The van der Waals surface area contributed by atoms with Gasteiger partial charge in [-0.05, 0) is 12.5 Å². The van der Waals surface area contributed by atoms with Crippen molar-refractivity contribution in [3.05, 3.63) is 21.9 Å². The van der Waals surface area contributed by atoms with Gasteiger partial charge in [0.05, 0.1) is 23.1 Å². The Bertz CT molecular complexity index is 487. The van der Waals surface area contributed by atoms with Gasteiger partial charge >= 0.3 is 0 Å². The molecule has 1 fully saturated rings. The fourth-order valence-electron chi connectivity index (χ4n) is 1.94. The molecule has 18 heavy (non-hydrogen) atoms. The van der Waals surface area contributed by atoms with Crippen LogP contribution in [0.3, 0.4) is 0 Å². The first-order chi connectivity index (χ1) is 8.74. The fourth-order valence-corrected chi connectivity index (χ4v) is 2.69. The van der Waals surface area contributed by atoms with Gasteiger partial charge in [-0.25, -0.2) is 0 Å². The second-order valence-electron chi connectivity index (χ2n) is 4.10. The summed E-state index contributed by atoms with van der Waals surface area (Å²) in [6.45, 7) is 1.77. The number of thiophene rings is 1. The van der Waals surface area contributed by atoms with E-state index in [1.54, 1.807) is 7.11 Å². The highest BCUT2D eigenvalue weighted by Gasteiger charge is 2.27. The van der Waals surface area contributed by atoms with E-state index in [2.05, 4.69) is 11.8 Å². The van der Waals surface area contributed by atoms with Crippen LogP contribution in [0.4, 0.5) is 0 Å². The minimum absolute atomic E-state index is 0.0617. The third-order valence-corrected chi connectivity index (χ3v) is 3.77. The summed E-state index contributed by atoms with van der Waals surface area (Å²) < 4.78 is 5.26. The van der Waals surface area contributed by atoms with Crippen molar-refractivity contribution < 1.29 is 9.53 Å². The molecule has 1 aromatic rings. The quantitative estimate of drug-likeness (QED) is 0.808. The van der Waals surface area contributed by atoms with Gasteiger partial charge < -0.3 is 15.4 Å². The van der Waals surface area contributed by atoms with Gasteiger partial charge in [-0.2, -0.15) is 0 Å². The Labute approximate surface area is 111 Å². The number of ether oxygens (including phenoxy) is 1. The third kappa shape index (κ3) is 2.91. The zero-order valence-corrected chi connectivity index (χ0v) is 11.1. The van der Waals surface area contributed by atoms with Crippen LogP contribution in [-0.2, 0) is 4.74 Å². The van der Waals surface area contributed by atoms with Crippen LogP contribution < -0.4 is 5.73 Å². The molecule has 0 aromatic carbocycles. The van der Waals surface area contributed by atoms with Crippen LogP contribution in [0.5, 0.6) is 0 Å². The van der Waals surface area contributed by atoms with E-state index in [1.807, 2.05) is 16.3 Å². The Morgan fingerprint density at radius 2 is 2.56 bits per heavy atom. The summed E-state index contributed by atoms with van der Waals surface area (Å²) in [7, 11) is 1.68. The minimum atomic E-state index is 0.0617. The molecule has 1 aromatic heterocycles. The SMILES string of the molecule is COC1CCN(C(=O)c2csc(C#CCN)c2)C1. The van der Waals surface area contributed by atoms with Crippen molar-refractivity contribution in [2.45, 2.75) is 12.5 Å². The highest BCUT2D eigenvalue weighted by Crippen LogP contribution is 2.19. The minimum Gasteiger partial charge on any atom is -0.380 e. The molecule has 2 heterocycles. The van der Waals surface area contributed by atoms with Crippen molar-refractivity contribution in [1.29, 1.82) is 0 Å². The van der Waals surface area contributed by atoms with E-state index in [0.29, 0.717) is 18.7 Å². The summed E-state index contributed by atoms with van der Waals surface area (Å²) in [5, 5.41) is 1.85. The first-order valence-electron chi connectivity index (χ1n) is 5.84. The molecule has 1 atom stereocenters. The number of likely N-dealkylation sites (tertiary alicyclic amines) is 1. The molecule has 0 bridgehead atoms. The molecule has 0 aliphatic carbocycles. The molecule has 1 amide bonds. The van der Waals surface area contributed by atoms with E-state index in [1.165, 1.54) is 11.3 Å². The Hall–Kier alpha value is -1.35. The van der Waals surface area contributed by atoms with E-state index in [4.69, 9.17) is 10.5 Å². The average molecular weight is 264 g/mol. The largest absolute Gasteiger partial charge is 0.380 e. The van der Waals surface area contributed by atoms with E-state index >= 15 is 0 Å². The molecular formula is C13H16N2O2S. The Morgan fingerprint density at radius 3 is 3.22 bits per heavy atom. The number of methoxy groups -OCH3 is 1. The maximum absolute atomic E-state index is 12.2. The van der Waals surface area contributed by atoms with E-state index in [0.717, 1.165) is 17.8 Å². The second kappa shape index (κ2) is 6.01. The summed E-state index contributed by atoms with van der Waals surface area (Å²) in [5.41, 5.74) is 6.02. The number of rotatable bonds is 2. The summed E-state index contributed by atoms with van der Waals surface area (Å²) >= 11 is 1.48. The van der Waals surface area contributed by atoms with Crippen LogP contribution in [0.1, 0.15) is 21.7 Å². The molecule has 4 nitrogen and oxygen atoms in total. The zero-order valence-electron chi connectivity index (χ0n) is 10.3. The topological polar surface area (TPSA) is 55.6 Å². The normalized spacial score (nSPS) is 18.6. The summed E-state index contributed by atoms with van der Waals surface area (Å²) in [6.07, 6.45) is 1.08. The third-order valence-electron chi connectivity index (χ3n) is 2.93. The predicted octanol–water partition coefficient (Wildman–Crippen LogP) is 0.919. The molecule has 2 N–H and O–H groups in total. The molecule has 1 aliphatic heterocycles. The molecule has 2 rings (SSSR count). The number of carbonyl (C=O) groups is 1. The monoisotopic (exact) mass is 264 g/mol. The summed E-state index contributed by atoms with van der Waals surface area (Å²) in [6, 6.07) is 1.83. The lowest BCUT2D eigenvalue weighted by atomic mass is 10.2. The zero-order chi connectivity index (χ0) is 13.0. The Morgan fingerprint density at radius 1 is 1.72 bits per heavy atom. The molecular weight excluding hydrogens is 248 g/mol. The van der Waals surface area contributed by atoms with E-state index in [-0.39, 0.29) is 12.0 Å². The number of amides is 1. The van der Waals surface area contributed by atoms with Crippen molar-refractivity contribution in [3.63, 3.8) is 0 Å². The number of nitrogens with zero attached hydrogens (tertiary/aromatic N) is 1. The maximum atomic E-state index is 12.2. The molecule has 0 radical (unpaired) electrons. The second-order valence-corrected chi connectivity index (χ2v) is 5.01. The number of nitrogens with two attached hydrogens (primary N) is 1. The van der Waals surface area contributed by atoms with Gasteiger partial charge in [-0.1, -0.05) is 11.8 Å². The van der Waals surface area contributed by atoms with Crippen LogP contribution in [0.15, 0.2) is 11.4 Å². The summed E-state index contributed by atoms with van der Waals surface area (Å²) in [5.74, 6) is 5.79. The Balaban J connectivity index is 2.03. The molecule has 1 unspecified atom stereocenters. The summed E-state index contributed by atoms with van der Waals surface area (Å²) in [4.78, 5) is 14.9. The van der Waals surface area contributed by atoms with Crippen LogP contribution in [0.25, 0.3) is 0 Å². The highest BCUT2D eigenvalue weighted by molar-refractivity contribution is 7.10. The molecule has 96 valence electrons. The van der Waals surface area contributed by atoms with Gasteiger partial charge in [0.2, 0.25) is 0 Å². The lowest BCUT2D eigenvalue weighted by Gasteiger charge is -2.14. The number of hydrogen-bond donors (Lipinski definition) is 1. The van der Waals surface area contributed by atoms with Gasteiger partial charge in [-0.3, -0.25) is 4.79 Å². The van der Waals surface area contributed by atoms with Crippen LogP contribution in [0.2, 0.25) is 0 Å².